The van der Waals surface area contributed by atoms with Crippen molar-refractivity contribution in [3.8, 4) is 90.1 Å². The SMILES string of the molecule is CC(C)(C)c1ccc(-c2cc(-c3ccc(C(C)(C)C)cc3)cc(-c3cc[c-]c(-c4nccc5ccccc45)c3)c2)cc1.CC(C)(C)c1ccc(-c2nc(-c3ccc(C(C)(C)C)cc3)nc(-c3ccc(-c4[c-]ccc(Br)c4)nc3)n2)cc1.[Ir]. The number of nitrogens with zero attached hydrogens (tertiary/aromatic N) is 5. The van der Waals surface area contributed by atoms with E-state index in [0.717, 1.165) is 54.6 Å². The Morgan fingerprint density at radius 2 is 0.768 bits per heavy atom. The first-order valence-corrected chi connectivity index (χ1v) is 28.7. The van der Waals surface area contributed by atoms with E-state index in [0.29, 0.717) is 17.5 Å². The summed E-state index contributed by atoms with van der Waals surface area (Å²) in [7, 11) is 0. The predicted molar refractivity (Wildman–Crippen MR) is 343 cm³/mol. The largest absolute Gasteiger partial charge is 0.304 e. The number of aromatic nitrogens is 5. The Morgan fingerprint density at radius 1 is 0.354 bits per heavy atom. The van der Waals surface area contributed by atoms with E-state index < -0.39 is 0 Å². The first-order valence-electron chi connectivity index (χ1n) is 27.9. The van der Waals surface area contributed by atoms with Crippen molar-refractivity contribution >= 4 is 26.7 Å². The summed E-state index contributed by atoms with van der Waals surface area (Å²) in [5.74, 6) is 1.87. The van der Waals surface area contributed by atoms with Crippen LogP contribution in [-0.4, -0.2) is 24.9 Å². The van der Waals surface area contributed by atoms with Crippen molar-refractivity contribution < 1.29 is 20.1 Å². The van der Waals surface area contributed by atoms with Crippen LogP contribution < -0.4 is 0 Å². The fraction of sp³-hybridized carbons (Fsp3) is 0.213. The van der Waals surface area contributed by atoms with Gasteiger partial charge in [-0.2, -0.15) is 0 Å². The van der Waals surface area contributed by atoms with Crippen LogP contribution in [0.1, 0.15) is 105 Å². The molecule has 0 N–H and O–H groups in total. The number of hydrogen-bond donors (Lipinski definition) is 0. The van der Waals surface area contributed by atoms with Gasteiger partial charge in [-0.15, -0.1) is 65.2 Å². The Hall–Kier alpha value is -7.54. The van der Waals surface area contributed by atoms with Gasteiger partial charge in [0.25, 0.3) is 0 Å². The third kappa shape index (κ3) is 13.8. The van der Waals surface area contributed by atoms with Crippen molar-refractivity contribution in [3.05, 3.63) is 245 Å². The summed E-state index contributed by atoms with van der Waals surface area (Å²) in [5, 5.41) is 2.32. The summed E-state index contributed by atoms with van der Waals surface area (Å²) in [6.07, 6.45) is 3.71. The van der Waals surface area contributed by atoms with E-state index in [9.17, 15) is 0 Å². The summed E-state index contributed by atoms with van der Waals surface area (Å²) >= 11 is 3.53. The zero-order valence-electron chi connectivity index (χ0n) is 49.1. The van der Waals surface area contributed by atoms with Gasteiger partial charge in [0.2, 0.25) is 0 Å². The molecule has 11 rings (SSSR count). The maximum absolute atomic E-state index is 4.91. The van der Waals surface area contributed by atoms with Crippen LogP contribution in [-0.2, 0) is 41.8 Å². The smallest absolute Gasteiger partial charge is 0.165 e. The summed E-state index contributed by atoms with van der Waals surface area (Å²) in [5.41, 5.74) is 19.2. The van der Waals surface area contributed by atoms with E-state index >= 15 is 0 Å². The molecule has 1 radical (unpaired) electrons. The monoisotopic (exact) mass is 1310 g/mol. The molecule has 413 valence electrons. The van der Waals surface area contributed by atoms with Gasteiger partial charge in [0.1, 0.15) is 0 Å². The molecule has 11 aromatic rings. The predicted octanol–water partition coefficient (Wildman–Crippen LogP) is 20.4. The van der Waals surface area contributed by atoms with Gasteiger partial charge >= 0.3 is 0 Å². The number of halogens is 1. The molecule has 0 amide bonds. The van der Waals surface area contributed by atoms with Crippen molar-refractivity contribution in [2.45, 2.75) is 105 Å². The van der Waals surface area contributed by atoms with E-state index in [4.69, 9.17) is 24.9 Å². The van der Waals surface area contributed by atoms with Crippen molar-refractivity contribution in [2.24, 2.45) is 0 Å². The molecule has 0 spiro atoms. The number of fused-ring (bicyclic) bond motifs is 1. The zero-order chi connectivity index (χ0) is 57.3. The third-order valence-electron chi connectivity index (χ3n) is 14.9. The number of hydrogen-bond acceptors (Lipinski definition) is 5. The van der Waals surface area contributed by atoms with Crippen LogP contribution >= 0.6 is 15.9 Å². The second kappa shape index (κ2) is 24.1. The van der Waals surface area contributed by atoms with Crippen molar-refractivity contribution in [1.29, 1.82) is 0 Å². The molecule has 0 saturated heterocycles. The summed E-state index contributed by atoms with van der Waals surface area (Å²) in [6.45, 7) is 26.8. The standard InChI is InChI=1S/C41H38N.C34H32BrN4.Ir/c1-40(2,3)36-18-14-28(15-19-36)33-25-34(29-16-20-37(21-17-29)41(4,5)6)27-35(26-33)31-11-9-12-32(24-31)39-38-13-8-7-10-30(38)22-23-42-39;1-33(2,3)26-15-10-22(11-16-26)30-37-31(23-12-17-27(18-13-23)34(4,5)6)39-32(38-30)25-14-19-29(36-21-25)24-8-7-9-28(35)20-24;/h7-11,13-27H,1-6H3;7,9-21H,1-6H3;/q2*-1;. The molecular formula is C75H70BrIrN5-2. The number of rotatable bonds is 8. The van der Waals surface area contributed by atoms with Crippen molar-refractivity contribution in [1.82, 2.24) is 24.9 Å². The van der Waals surface area contributed by atoms with E-state index in [1.54, 1.807) is 0 Å². The molecule has 0 aliphatic heterocycles. The van der Waals surface area contributed by atoms with Crippen molar-refractivity contribution in [2.75, 3.05) is 0 Å². The molecule has 0 atom stereocenters. The van der Waals surface area contributed by atoms with Crippen LogP contribution in [0.4, 0.5) is 0 Å². The fourth-order valence-corrected chi connectivity index (χ4v) is 10.2. The van der Waals surface area contributed by atoms with Crippen molar-refractivity contribution in [3.63, 3.8) is 0 Å². The van der Waals surface area contributed by atoms with Gasteiger partial charge in [-0.05, 0) is 118 Å². The molecule has 0 saturated carbocycles. The van der Waals surface area contributed by atoms with Crippen LogP contribution in [0.25, 0.3) is 101 Å². The van der Waals surface area contributed by atoms with Gasteiger partial charge in [-0.1, -0.05) is 237 Å². The molecule has 82 heavy (non-hydrogen) atoms. The molecule has 8 aromatic carbocycles. The van der Waals surface area contributed by atoms with Gasteiger partial charge in [0, 0.05) is 49.2 Å². The molecule has 0 bridgehead atoms. The topological polar surface area (TPSA) is 64.5 Å². The Bertz CT molecular complexity index is 3830. The molecule has 0 aliphatic rings. The van der Waals surface area contributed by atoms with E-state index in [-0.39, 0.29) is 41.8 Å². The first-order chi connectivity index (χ1) is 38.5. The minimum atomic E-state index is 0. The maximum Gasteiger partial charge on any atom is 0.165 e. The Kier molecular flexibility index (Phi) is 17.4. The summed E-state index contributed by atoms with van der Waals surface area (Å²) < 4.78 is 0.990. The van der Waals surface area contributed by atoms with Crippen LogP contribution in [0.3, 0.4) is 0 Å². The molecule has 7 heteroatoms. The van der Waals surface area contributed by atoms with Gasteiger partial charge in [0.05, 0.1) is 0 Å². The molecule has 0 aliphatic carbocycles. The summed E-state index contributed by atoms with van der Waals surface area (Å²) in [4.78, 5) is 24.1. The quantitative estimate of drug-likeness (QED) is 0.142. The van der Waals surface area contributed by atoms with Gasteiger partial charge in [-0.25, -0.2) is 15.0 Å². The van der Waals surface area contributed by atoms with Crippen LogP contribution in [0.5, 0.6) is 0 Å². The Morgan fingerprint density at radius 3 is 1.22 bits per heavy atom. The van der Waals surface area contributed by atoms with Crippen LogP contribution in [0, 0.1) is 12.1 Å². The zero-order valence-corrected chi connectivity index (χ0v) is 53.1. The molecule has 5 nitrogen and oxygen atoms in total. The van der Waals surface area contributed by atoms with Gasteiger partial charge < -0.3 is 9.97 Å². The van der Waals surface area contributed by atoms with E-state index in [2.05, 4.69) is 269 Å². The molecule has 3 aromatic heterocycles. The van der Waals surface area contributed by atoms with Crippen LogP contribution in [0.2, 0.25) is 0 Å². The molecule has 0 unspecified atom stereocenters. The normalized spacial score (nSPS) is 11.9. The third-order valence-corrected chi connectivity index (χ3v) is 15.4. The minimum absolute atomic E-state index is 0. The molecule has 3 heterocycles. The molecule has 0 fully saturated rings. The summed E-state index contributed by atoms with van der Waals surface area (Å²) in [6, 6.07) is 75.5. The van der Waals surface area contributed by atoms with E-state index in [1.807, 2.05) is 48.8 Å². The maximum atomic E-state index is 4.91. The second-order valence-corrected chi connectivity index (χ2v) is 26.1. The molecular weight excluding hydrogens is 1240 g/mol. The number of benzene rings is 8. The average Bonchev–Trinajstić information content (AvgIpc) is 3.50. The average molecular weight is 1310 g/mol. The van der Waals surface area contributed by atoms with E-state index in [1.165, 1.54) is 55.5 Å². The Balaban J connectivity index is 0.000000196. The second-order valence-electron chi connectivity index (χ2n) is 25.1. The minimum Gasteiger partial charge on any atom is -0.304 e. The Labute approximate surface area is 508 Å². The van der Waals surface area contributed by atoms with Gasteiger partial charge in [-0.3, -0.25) is 0 Å². The number of pyridine rings is 2. The van der Waals surface area contributed by atoms with Crippen LogP contribution in [0.15, 0.2) is 211 Å². The fourth-order valence-electron chi connectivity index (χ4n) is 9.84. The first kappa shape index (κ1) is 59.1. The van der Waals surface area contributed by atoms with Gasteiger partial charge in [0.15, 0.2) is 17.5 Å².